The number of allylic oxidation sites excluding steroid dienone is 2. The molecule has 0 spiro atoms. The average molecular weight is 611 g/mol. The summed E-state index contributed by atoms with van der Waals surface area (Å²) in [6.07, 6.45) is 17.1. The first kappa shape index (κ1) is 28.6. The van der Waals surface area contributed by atoms with Crippen LogP contribution in [0.15, 0.2) is 29.8 Å². The van der Waals surface area contributed by atoms with E-state index in [9.17, 15) is 0 Å². The number of rotatable bonds is 8. The number of benzene rings is 4. The Morgan fingerprint density at radius 2 is 1.78 bits per heavy atom. The largest absolute Gasteiger partial charge is 0.135 e. The molecular weight excluding hydrogens is 561 g/mol. The Morgan fingerprint density at radius 1 is 0.911 bits per heavy atom. The Morgan fingerprint density at radius 3 is 2.56 bits per heavy atom. The predicted molar refractivity (Wildman–Crippen MR) is 199 cm³/mol. The van der Waals surface area contributed by atoms with Crippen LogP contribution in [-0.2, 0) is 12.8 Å². The van der Waals surface area contributed by atoms with Crippen molar-refractivity contribution in [3.63, 3.8) is 0 Å². The van der Waals surface area contributed by atoms with Crippen molar-refractivity contribution >= 4 is 65.4 Å². The molecule has 1 saturated carbocycles. The average Bonchev–Trinajstić information content (AvgIpc) is 3.43. The summed E-state index contributed by atoms with van der Waals surface area (Å²) in [7, 11) is 0. The molecule has 232 valence electrons. The lowest BCUT2D eigenvalue weighted by Gasteiger charge is -2.40. The van der Waals surface area contributed by atoms with Gasteiger partial charge in [0.25, 0.3) is 0 Å². The van der Waals surface area contributed by atoms with Crippen molar-refractivity contribution in [1.29, 1.82) is 0 Å². The van der Waals surface area contributed by atoms with Gasteiger partial charge in [0, 0.05) is 31.8 Å². The summed E-state index contributed by atoms with van der Waals surface area (Å²) in [5, 5.41) is 11.3. The lowest BCUT2D eigenvalue weighted by Crippen LogP contribution is -2.24. The number of thiophene rings is 1. The van der Waals surface area contributed by atoms with Gasteiger partial charge in [0.15, 0.2) is 0 Å². The fraction of sp³-hybridized carbons (Fsp3) is 0.500. The monoisotopic (exact) mass is 610 g/mol. The molecule has 5 aromatic rings. The standard InChI is InChI=1S/C44H50S/c1-7-10-12-25-14-16-30-29(9-3)38-35-21-31-24(6)13-15-27-19-26(11-8-2)32-22-36-42(41(35)39(32)37(27)31)43-40(38)34(33(30)18-25)20-28(17-23(4)5)44(43)45-36/h13,15,20-23,25-26,32-33H,7-12,14,16-19H2,1-6H3. The maximum absolute atomic E-state index is 2.78. The van der Waals surface area contributed by atoms with Crippen molar-refractivity contribution in [3.8, 4) is 0 Å². The van der Waals surface area contributed by atoms with E-state index in [-0.39, 0.29) is 0 Å². The van der Waals surface area contributed by atoms with Gasteiger partial charge in [-0.15, -0.1) is 11.3 Å². The van der Waals surface area contributed by atoms with Crippen molar-refractivity contribution < 1.29 is 0 Å². The van der Waals surface area contributed by atoms with Gasteiger partial charge in [-0.05, 0) is 142 Å². The van der Waals surface area contributed by atoms with E-state index in [1.165, 1.54) is 75.2 Å². The summed E-state index contributed by atoms with van der Waals surface area (Å²) in [4.78, 5) is 0. The van der Waals surface area contributed by atoms with Crippen LogP contribution in [0, 0.1) is 24.7 Å². The van der Waals surface area contributed by atoms with Crippen LogP contribution < -0.4 is 4.53 Å². The Kier molecular flexibility index (Phi) is 6.62. The predicted octanol–water partition coefficient (Wildman–Crippen LogP) is 12.7. The second kappa shape index (κ2) is 10.4. The maximum atomic E-state index is 2.78. The molecule has 0 N–H and O–H groups in total. The molecule has 1 heterocycles. The second-order valence-corrected chi connectivity index (χ2v) is 16.9. The van der Waals surface area contributed by atoms with E-state index in [0.717, 1.165) is 12.3 Å². The number of hydrogen-bond donors (Lipinski definition) is 0. The molecule has 0 bridgehead atoms. The number of unbranched alkanes of at least 4 members (excludes halogenated alkanes) is 1. The molecule has 0 aliphatic heterocycles. The molecule has 0 radical (unpaired) electrons. The van der Waals surface area contributed by atoms with E-state index in [0.29, 0.717) is 23.7 Å². The fourth-order valence-corrected chi connectivity index (χ4v) is 12.2. The van der Waals surface area contributed by atoms with Gasteiger partial charge in [0.2, 0.25) is 0 Å². The molecule has 1 fully saturated rings. The Balaban J connectivity index is 1.47. The van der Waals surface area contributed by atoms with Gasteiger partial charge in [0.1, 0.15) is 0 Å². The first-order chi connectivity index (χ1) is 21.9. The summed E-state index contributed by atoms with van der Waals surface area (Å²) < 4.78 is 3.21. The van der Waals surface area contributed by atoms with Gasteiger partial charge >= 0.3 is 0 Å². The molecule has 45 heavy (non-hydrogen) atoms. The molecular formula is C44H50S. The highest BCUT2D eigenvalue weighted by molar-refractivity contribution is 7.18. The minimum absolute atomic E-state index is 0.538. The molecule has 4 aromatic carbocycles. The third kappa shape index (κ3) is 3.89. The SMILES string of the molecule is CCCCC1CCC2=C(CC)c3c4cc5c(C)ccc6c5c5c4c4c(sc7c(CC(C)C)cc(c3c74)C2C1)=CC5C(CCC)C6. The van der Waals surface area contributed by atoms with Crippen LogP contribution in [0.5, 0.6) is 0 Å². The zero-order chi connectivity index (χ0) is 30.7. The van der Waals surface area contributed by atoms with Crippen LogP contribution in [-0.4, -0.2) is 0 Å². The van der Waals surface area contributed by atoms with E-state index in [2.05, 4.69) is 83.2 Å². The highest BCUT2D eigenvalue weighted by Crippen LogP contribution is 2.59. The van der Waals surface area contributed by atoms with Crippen molar-refractivity contribution in [3.05, 3.63) is 67.8 Å². The summed E-state index contributed by atoms with van der Waals surface area (Å²) in [5.74, 6) is 3.39. The van der Waals surface area contributed by atoms with Gasteiger partial charge in [-0.25, -0.2) is 0 Å². The zero-order valence-electron chi connectivity index (χ0n) is 28.5. The first-order valence-corrected chi connectivity index (χ1v) is 19.4. The van der Waals surface area contributed by atoms with Gasteiger partial charge in [-0.2, -0.15) is 0 Å². The summed E-state index contributed by atoms with van der Waals surface area (Å²) in [6, 6.07) is 10.4. The minimum Gasteiger partial charge on any atom is -0.135 e. The first-order valence-electron chi connectivity index (χ1n) is 18.6. The van der Waals surface area contributed by atoms with E-state index in [4.69, 9.17) is 0 Å². The van der Waals surface area contributed by atoms with E-state index < -0.39 is 0 Å². The summed E-state index contributed by atoms with van der Waals surface area (Å²) in [5.41, 5.74) is 13.3. The van der Waals surface area contributed by atoms with Crippen molar-refractivity contribution in [2.24, 2.45) is 17.8 Å². The lowest BCUT2D eigenvalue weighted by atomic mass is 9.64. The smallest absolute Gasteiger partial charge is 0.0394 e. The van der Waals surface area contributed by atoms with E-state index >= 15 is 0 Å². The van der Waals surface area contributed by atoms with Crippen LogP contribution in [0.1, 0.15) is 138 Å². The third-order valence-corrected chi connectivity index (χ3v) is 13.9. The van der Waals surface area contributed by atoms with Gasteiger partial charge in [-0.1, -0.05) is 90.2 Å². The molecule has 4 aliphatic carbocycles. The Labute approximate surface area is 274 Å². The van der Waals surface area contributed by atoms with Crippen molar-refractivity contribution in [1.82, 2.24) is 0 Å². The number of hydrogen-bond acceptors (Lipinski definition) is 1. The summed E-state index contributed by atoms with van der Waals surface area (Å²) in [6.45, 7) is 14.4. The lowest BCUT2D eigenvalue weighted by molar-refractivity contribution is 0.349. The molecule has 0 saturated heterocycles. The zero-order valence-corrected chi connectivity index (χ0v) is 29.3. The Hall–Kier alpha value is -2.64. The fourth-order valence-electron chi connectivity index (χ4n) is 10.9. The molecule has 4 aliphatic rings. The minimum atomic E-state index is 0.538. The van der Waals surface area contributed by atoms with Gasteiger partial charge < -0.3 is 0 Å². The Bertz CT molecular complexity index is 2130. The molecule has 4 unspecified atom stereocenters. The van der Waals surface area contributed by atoms with Gasteiger partial charge in [-0.3, -0.25) is 0 Å². The molecule has 1 aromatic heterocycles. The highest BCUT2D eigenvalue weighted by Gasteiger charge is 2.40. The number of aryl methyl sites for hydroxylation is 1. The van der Waals surface area contributed by atoms with Crippen molar-refractivity contribution in [2.45, 2.75) is 124 Å². The molecule has 9 rings (SSSR count). The molecule has 0 nitrogen and oxygen atoms in total. The molecule has 4 atom stereocenters. The highest BCUT2D eigenvalue weighted by atomic mass is 32.1. The van der Waals surface area contributed by atoms with E-state index in [1.807, 2.05) is 5.57 Å². The van der Waals surface area contributed by atoms with E-state index in [1.54, 1.807) is 74.9 Å². The topological polar surface area (TPSA) is 0 Å². The third-order valence-electron chi connectivity index (χ3n) is 12.6. The van der Waals surface area contributed by atoms with Gasteiger partial charge in [0.05, 0.1) is 0 Å². The van der Waals surface area contributed by atoms with Crippen LogP contribution in [0.3, 0.4) is 0 Å². The van der Waals surface area contributed by atoms with Crippen LogP contribution in [0.25, 0.3) is 54.1 Å². The van der Waals surface area contributed by atoms with Crippen LogP contribution >= 0.6 is 11.3 Å². The number of fused-ring (bicyclic) bond motifs is 3. The molecule has 0 amide bonds. The van der Waals surface area contributed by atoms with Crippen LogP contribution in [0.2, 0.25) is 0 Å². The normalized spacial score (nSPS) is 23.4. The maximum Gasteiger partial charge on any atom is 0.0394 e. The molecule has 1 heteroatoms. The second-order valence-electron chi connectivity index (χ2n) is 15.8. The van der Waals surface area contributed by atoms with Crippen LogP contribution in [0.4, 0.5) is 0 Å². The quantitative estimate of drug-likeness (QED) is 0.153. The van der Waals surface area contributed by atoms with Crippen molar-refractivity contribution in [2.75, 3.05) is 0 Å². The summed E-state index contributed by atoms with van der Waals surface area (Å²) >= 11 is 2.16.